The van der Waals surface area contributed by atoms with Gasteiger partial charge < -0.3 is 15.5 Å². The molecule has 1 unspecified atom stereocenters. The number of anilines is 1. The fraction of sp³-hybridized carbons (Fsp3) is 0.500. The van der Waals surface area contributed by atoms with Crippen LogP contribution in [0.4, 0.5) is 11.5 Å². The topological polar surface area (TPSA) is 106 Å². The van der Waals surface area contributed by atoms with Crippen molar-refractivity contribution in [3.05, 3.63) is 28.4 Å². The molecule has 0 spiro atoms. The minimum atomic E-state index is -0.487. The first-order valence-corrected chi connectivity index (χ1v) is 6.39. The number of hydrogen-bond acceptors (Lipinski definition) is 6. The third-order valence-electron chi connectivity index (χ3n) is 3.25. The summed E-state index contributed by atoms with van der Waals surface area (Å²) in [6.45, 7) is 4.12. The molecular formula is C12H17N5O3. The van der Waals surface area contributed by atoms with Gasteiger partial charge >= 0.3 is 0 Å². The van der Waals surface area contributed by atoms with E-state index in [4.69, 9.17) is 5.73 Å². The molecule has 2 heterocycles. The van der Waals surface area contributed by atoms with Crippen LogP contribution >= 0.6 is 0 Å². The summed E-state index contributed by atoms with van der Waals surface area (Å²) in [6, 6.07) is 2.57. The van der Waals surface area contributed by atoms with Crippen molar-refractivity contribution in [2.24, 2.45) is 5.73 Å². The summed E-state index contributed by atoms with van der Waals surface area (Å²) in [5, 5.41) is 10.6. The van der Waals surface area contributed by atoms with Crippen LogP contribution < -0.4 is 10.6 Å². The number of nitrogens with zero attached hydrogens (tertiary/aromatic N) is 4. The van der Waals surface area contributed by atoms with Gasteiger partial charge in [0.15, 0.2) is 0 Å². The second-order valence-corrected chi connectivity index (χ2v) is 4.73. The van der Waals surface area contributed by atoms with E-state index < -0.39 is 11.0 Å². The van der Waals surface area contributed by atoms with E-state index in [1.165, 1.54) is 12.3 Å². The predicted molar refractivity (Wildman–Crippen MR) is 73.3 cm³/mol. The number of pyridine rings is 1. The monoisotopic (exact) mass is 279 g/mol. The zero-order valence-electron chi connectivity index (χ0n) is 11.2. The fourth-order valence-corrected chi connectivity index (χ4v) is 2.12. The molecule has 1 aliphatic rings. The normalized spacial score (nSPS) is 16.9. The standard InChI is InChI=1S/C12H17N5O3/c1-9(13)12(18)16-6-4-15(5-7-16)11-3-2-10(8-14-11)17(19)20/h2-3,8-9H,4-7,13H2,1H3. The van der Waals surface area contributed by atoms with E-state index in [0.29, 0.717) is 32.0 Å². The van der Waals surface area contributed by atoms with E-state index in [1.54, 1.807) is 17.9 Å². The maximum absolute atomic E-state index is 11.8. The van der Waals surface area contributed by atoms with Crippen LogP contribution in [0.2, 0.25) is 0 Å². The molecular weight excluding hydrogens is 262 g/mol. The largest absolute Gasteiger partial charge is 0.353 e. The van der Waals surface area contributed by atoms with E-state index in [0.717, 1.165) is 0 Å². The zero-order valence-corrected chi connectivity index (χ0v) is 11.2. The second-order valence-electron chi connectivity index (χ2n) is 4.73. The van der Waals surface area contributed by atoms with Gasteiger partial charge in [0.25, 0.3) is 5.69 Å². The Kier molecular flexibility index (Phi) is 4.14. The lowest BCUT2D eigenvalue weighted by atomic mass is 10.2. The van der Waals surface area contributed by atoms with E-state index in [1.807, 2.05) is 4.90 Å². The highest BCUT2D eigenvalue weighted by Crippen LogP contribution is 2.17. The van der Waals surface area contributed by atoms with Crippen molar-refractivity contribution >= 4 is 17.4 Å². The highest BCUT2D eigenvalue weighted by molar-refractivity contribution is 5.81. The Morgan fingerprint density at radius 3 is 2.50 bits per heavy atom. The van der Waals surface area contributed by atoms with Crippen molar-refractivity contribution in [1.29, 1.82) is 0 Å². The molecule has 1 atom stereocenters. The van der Waals surface area contributed by atoms with E-state index in [9.17, 15) is 14.9 Å². The van der Waals surface area contributed by atoms with Crippen LogP contribution in [0, 0.1) is 10.1 Å². The van der Waals surface area contributed by atoms with Gasteiger partial charge in [0, 0.05) is 32.2 Å². The van der Waals surface area contributed by atoms with Gasteiger partial charge in [0.05, 0.1) is 11.0 Å². The Balaban J connectivity index is 1.97. The van der Waals surface area contributed by atoms with Crippen molar-refractivity contribution < 1.29 is 9.72 Å². The van der Waals surface area contributed by atoms with Crippen LogP contribution in [-0.4, -0.2) is 52.9 Å². The Labute approximate surface area is 116 Å². The summed E-state index contributed by atoms with van der Waals surface area (Å²) in [5.41, 5.74) is 5.55. The maximum atomic E-state index is 11.8. The molecule has 1 aromatic heterocycles. The summed E-state index contributed by atoms with van der Waals surface area (Å²) in [7, 11) is 0. The van der Waals surface area contributed by atoms with Gasteiger partial charge in [-0.3, -0.25) is 14.9 Å². The van der Waals surface area contributed by atoms with Gasteiger partial charge in [-0.15, -0.1) is 0 Å². The smallest absolute Gasteiger partial charge is 0.287 e. The summed E-state index contributed by atoms with van der Waals surface area (Å²) in [6.07, 6.45) is 1.24. The number of amides is 1. The molecule has 0 bridgehead atoms. The van der Waals surface area contributed by atoms with Gasteiger partial charge in [0.2, 0.25) is 5.91 Å². The molecule has 8 heteroatoms. The van der Waals surface area contributed by atoms with Crippen LogP contribution in [0.15, 0.2) is 18.3 Å². The molecule has 0 saturated carbocycles. The number of carbonyl (C=O) groups is 1. The summed E-state index contributed by atoms with van der Waals surface area (Å²) >= 11 is 0. The zero-order chi connectivity index (χ0) is 14.7. The van der Waals surface area contributed by atoms with Crippen molar-refractivity contribution in [3.8, 4) is 0 Å². The summed E-state index contributed by atoms with van der Waals surface area (Å²) < 4.78 is 0. The van der Waals surface area contributed by atoms with Gasteiger partial charge in [-0.25, -0.2) is 4.98 Å². The van der Waals surface area contributed by atoms with Crippen molar-refractivity contribution in [1.82, 2.24) is 9.88 Å². The molecule has 1 aromatic rings. The molecule has 0 radical (unpaired) electrons. The Bertz CT molecular complexity index is 494. The number of piperazine rings is 1. The lowest BCUT2D eigenvalue weighted by molar-refractivity contribution is -0.385. The summed E-state index contributed by atoms with van der Waals surface area (Å²) in [5.74, 6) is 0.629. The molecule has 108 valence electrons. The predicted octanol–water partition coefficient (Wildman–Crippen LogP) is -0.0144. The lowest BCUT2D eigenvalue weighted by Crippen LogP contribution is -2.52. The number of hydrogen-bond donors (Lipinski definition) is 1. The quantitative estimate of drug-likeness (QED) is 0.616. The van der Waals surface area contributed by atoms with Crippen LogP contribution in [0.3, 0.4) is 0 Å². The first-order valence-electron chi connectivity index (χ1n) is 6.39. The van der Waals surface area contributed by atoms with Crippen LogP contribution in [0.25, 0.3) is 0 Å². The fourth-order valence-electron chi connectivity index (χ4n) is 2.12. The molecule has 20 heavy (non-hydrogen) atoms. The average molecular weight is 279 g/mol. The number of rotatable bonds is 3. The molecule has 2 rings (SSSR count). The molecule has 0 aliphatic carbocycles. The SMILES string of the molecule is CC(N)C(=O)N1CCN(c2ccc([N+](=O)[O-])cn2)CC1. The van der Waals surface area contributed by atoms with Crippen molar-refractivity contribution in [2.45, 2.75) is 13.0 Å². The van der Waals surface area contributed by atoms with Crippen molar-refractivity contribution in [3.63, 3.8) is 0 Å². The molecule has 1 saturated heterocycles. The van der Waals surface area contributed by atoms with Crippen LogP contribution in [0.1, 0.15) is 6.92 Å². The van der Waals surface area contributed by atoms with Crippen LogP contribution in [-0.2, 0) is 4.79 Å². The van der Waals surface area contributed by atoms with Gasteiger partial charge in [-0.2, -0.15) is 0 Å². The van der Waals surface area contributed by atoms with E-state index in [2.05, 4.69) is 4.98 Å². The van der Waals surface area contributed by atoms with E-state index in [-0.39, 0.29) is 11.6 Å². The summed E-state index contributed by atoms with van der Waals surface area (Å²) in [4.78, 5) is 29.7. The molecule has 1 amide bonds. The minimum absolute atomic E-state index is 0.0282. The van der Waals surface area contributed by atoms with Crippen molar-refractivity contribution in [2.75, 3.05) is 31.1 Å². The Hall–Kier alpha value is -2.22. The highest BCUT2D eigenvalue weighted by Gasteiger charge is 2.23. The van der Waals surface area contributed by atoms with Gasteiger partial charge in [-0.1, -0.05) is 0 Å². The maximum Gasteiger partial charge on any atom is 0.287 e. The number of aromatic nitrogens is 1. The third-order valence-corrected chi connectivity index (χ3v) is 3.25. The molecule has 8 nitrogen and oxygen atoms in total. The van der Waals surface area contributed by atoms with Gasteiger partial charge in [-0.05, 0) is 13.0 Å². The Morgan fingerprint density at radius 2 is 2.05 bits per heavy atom. The molecule has 2 N–H and O–H groups in total. The minimum Gasteiger partial charge on any atom is -0.353 e. The molecule has 1 fully saturated rings. The second kappa shape index (κ2) is 5.83. The van der Waals surface area contributed by atoms with E-state index >= 15 is 0 Å². The lowest BCUT2D eigenvalue weighted by Gasteiger charge is -2.36. The highest BCUT2D eigenvalue weighted by atomic mass is 16.6. The number of nitrogens with two attached hydrogens (primary N) is 1. The number of nitro groups is 1. The molecule has 1 aliphatic heterocycles. The first-order chi connectivity index (χ1) is 9.49. The third kappa shape index (κ3) is 3.02. The first kappa shape index (κ1) is 14.2. The average Bonchev–Trinajstić information content (AvgIpc) is 2.46. The Morgan fingerprint density at radius 1 is 1.40 bits per heavy atom. The number of carbonyl (C=O) groups excluding carboxylic acids is 1. The molecule has 0 aromatic carbocycles. The van der Waals surface area contributed by atoms with Crippen LogP contribution in [0.5, 0.6) is 0 Å². The van der Waals surface area contributed by atoms with Gasteiger partial charge in [0.1, 0.15) is 12.0 Å².